The molecule has 0 unspecified atom stereocenters. The Morgan fingerprint density at radius 3 is 2.25 bits per heavy atom. The van der Waals surface area contributed by atoms with Gasteiger partial charge in [-0.3, -0.25) is 4.79 Å². The number of rotatable bonds is 11. The number of carbonyl (C=O) groups excluding carboxylic acids is 1. The molecule has 1 aromatic carbocycles. The van der Waals surface area contributed by atoms with Crippen LogP contribution in [0, 0.1) is 0 Å². The molecule has 1 rings (SSSR count). The first-order valence-electron chi connectivity index (χ1n) is 9.10. The van der Waals surface area contributed by atoms with Crippen molar-refractivity contribution in [1.29, 1.82) is 0 Å². The highest BCUT2D eigenvalue weighted by molar-refractivity contribution is 5.87. The van der Waals surface area contributed by atoms with E-state index in [2.05, 4.69) is 24.1 Å². The van der Waals surface area contributed by atoms with Crippen LogP contribution in [-0.4, -0.2) is 44.1 Å². The molecule has 0 aromatic heterocycles. The largest absolute Gasteiger partial charge is 0.497 e. The number of amides is 1. The van der Waals surface area contributed by atoms with Crippen molar-refractivity contribution in [3.63, 3.8) is 0 Å². The summed E-state index contributed by atoms with van der Waals surface area (Å²) in [4.78, 5) is 14.9. The summed E-state index contributed by atoms with van der Waals surface area (Å²) in [5, 5.41) is 3.08. The van der Waals surface area contributed by atoms with Gasteiger partial charge in [0.25, 0.3) is 0 Å². The summed E-state index contributed by atoms with van der Waals surface area (Å²) >= 11 is 0. The van der Waals surface area contributed by atoms with Crippen molar-refractivity contribution in [2.75, 3.05) is 33.3 Å². The number of unbranched alkanes of at least 4 members (excludes halogenated alkanes) is 2. The number of methoxy groups -OCH3 is 1. The van der Waals surface area contributed by atoms with E-state index in [9.17, 15) is 4.79 Å². The highest BCUT2D eigenvalue weighted by Crippen LogP contribution is 2.25. The molecule has 0 saturated carbocycles. The van der Waals surface area contributed by atoms with E-state index in [1.807, 2.05) is 38.1 Å². The summed E-state index contributed by atoms with van der Waals surface area (Å²) in [5.74, 6) is 0.888. The first kappa shape index (κ1) is 20.5. The van der Waals surface area contributed by atoms with Crippen LogP contribution in [0.5, 0.6) is 5.75 Å². The summed E-state index contributed by atoms with van der Waals surface area (Å²) in [7, 11) is 1.65. The maximum atomic E-state index is 12.5. The molecule has 1 N–H and O–H groups in total. The zero-order valence-corrected chi connectivity index (χ0v) is 16.0. The predicted octanol–water partition coefficient (Wildman–Crippen LogP) is 3.60. The molecule has 0 aliphatic carbocycles. The molecule has 1 aromatic rings. The Hall–Kier alpha value is -1.55. The Morgan fingerprint density at radius 1 is 1.08 bits per heavy atom. The molecule has 136 valence electrons. The van der Waals surface area contributed by atoms with E-state index in [1.54, 1.807) is 7.11 Å². The van der Waals surface area contributed by atoms with Gasteiger partial charge in [-0.2, -0.15) is 0 Å². The van der Waals surface area contributed by atoms with Crippen LogP contribution in [0.1, 0.15) is 52.5 Å². The lowest BCUT2D eigenvalue weighted by Crippen LogP contribution is -2.40. The summed E-state index contributed by atoms with van der Waals surface area (Å²) < 4.78 is 5.17. The zero-order chi connectivity index (χ0) is 18.0. The zero-order valence-electron chi connectivity index (χ0n) is 16.0. The number of hydrogen-bond donors (Lipinski definition) is 1. The van der Waals surface area contributed by atoms with Crippen LogP contribution < -0.4 is 10.1 Å². The van der Waals surface area contributed by atoms with E-state index in [1.165, 1.54) is 6.42 Å². The number of benzene rings is 1. The first-order valence-corrected chi connectivity index (χ1v) is 9.10. The lowest BCUT2D eigenvalue weighted by atomic mass is 9.83. The van der Waals surface area contributed by atoms with Crippen LogP contribution in [0.4, 0.5) is 0 Å². The Bertz CT molecular complexity index is 479. The lowest BCUT2D eigenvalue weighted by molar-refractivity contribution is -0.125. The molecular weight excluding hydrogens is 300 g/mol. The molecular formula is C20H34N2O2. The number of carbonyl (C=O) groups is 1. The second-order valence-corrected chi connectivity index (χ2v) is 6.70. The molecule has 0 fully saturated rings. The fourth-order valence-corrected chi connectivity index (χ4v) is 2.74. The Kier molecular flexibility index (Phi) is 8.83. The minimum atomic E-state index is -0.534. The van der Waals surface area contributed by atoms with Gasteiger partial charge in [0, 0.05) is 6.54 Å². The van der Waals surface area contributed by atoms with Crippen LogP contribution in [0.15, 0.2) is 24.3 Å². The van der Waals surface area contributed by atoms with Crippen molar-refractivity contribution in [3.05, 3.63) is 29.8 Å². The highest BCUT2D eigenvalue weighted by atomic mass is 16.5. The van der Waals surface area contributed by atoms with E-state index in [0.29, 0.717) is 0 Å². The summed E-state index contributed by atoms with van der Waals surface area (Å²) in [6, 6.07) is 7.72. The SMILES string of the molecule is CCN(CC)CCCCCNC(=O)C(C)(C)c1ccc(OC)cc1. The summed E-state index contributed by atoms with van der Waals surface area (Å²) in [5.41, 5.74) is 0.468. The maximum Gasteiger partial charge on any atom is 0.230 e. The number of ether oxygens (including phenoxy) is 1. The molecule has 0 heterocycles. The van der Waals surface area contributed by atoms with Gasteiger partial charge in [0.1, 0.15) is 5.75 Å². The van der Waals surface area contributed by atoms with E-state index >= 15 is 0 Å². The second kappa shape index (κ2) is 10.3. The number of nitrogens with one attached hydrogen (secondary N) is 1. The van der Waals surface area contributed by atoms with Gasteiger partial charge in [0.15, 0.2) is 0 Å². The van der Waals surface area contributed by atoms with Gasteiger partial charge in [0.2, 0.25) is 5.91 Å². The molecule has 0 aliphatic rings. The van der Waals surface area contributed by atoms with Crippen molar-refractivity contribution in [1.82, 2.24) is 10.2 Å². The number of hydrogen-bond acceptors (Lipinski definition) is 3. The van der Waals surface area contributed by atoms with Gasteiger partial charge in [0.05, 0.1) is 12.5 Å². The van der Waals surface area contributed by atoms with Crippen molar-refractivity contribution in [2.24, 2.45) is 0 Å². The Morgan fingerprint density at radius 2 is 1.71 bits per heavy atom. The van der Waals surface area contributed by atoms with E-state index in [0.717, 1.165) is 50.3 Å². The van der Waals surface area contributed by atoms with Gasteiger partial charge in [-0.25, -0.2) is 0 Å². The monoisotopic (exact) mass is 334 g/mol. The molecule has 0 bridgehead atoms. The minimum absolute atomic E-state index is 0.0800. The average molecular weight is 335 g/mol. The van der Waals surface area contributed by atoms with Crippen LogP contribution in [0.2, 0.25) is 0 Å². The predicted molar refractivity (Wildman–Crippen MR) is 101 cm³/mol. The fraction of sp³-hybridized carbons (Fsp3) is 0.650. The van der Waals surface area contributed by atoms with Crippen LogP contribution in [0.25, 0.3) is 0 Å². The Labute approximate surface area is 147 Å². The lowest BCUT2D eigenvalue weighted by Gasteiger charge is -2.24. The molecule has 24 heavy (non-hydrogen) atoms. The van der Waals surface area contributed by atoms with E-state index < -0.39 is 5.41 Å². The summed E-state index contributed by atoms with van der Waals surface area (Å²) in [6.45, 7) is 12.5. The van der Waals surface area contributed by atoms with Crippen LogP contribution in [0.3, 0.4) is 0 Å². The maximum absolute atomic E-state index is 12.5. The van der Waals surface area contributed by atoms with Crippen molar-refractivity contribution < 1.29 is 9.53 Å². The van der Waals surface area contributed by atoms with E-state index in [4.69, 9.17) is 4.74 Å². The van der Waals surface area contributed by atoms with Crippen LogP contribution in [-0.2, 0) is 10.2 Å². The average Bonchev–Trinajstić information content (AvgIpc) is 2.61. The van der Waals surface area contributed by atoms with Crippen LogP contribution >= 0.6 is 0 Å². The minimum Gasteiger partial charge on any atom is -0.497 e. The first-order chi connectivity index (χ1) is 11.5. The molecule has 4 heteroatoms. The molecule has 0 radical (unpaired) electrons. The molecule has 0 atom stereocenters. The topological polar surface area (TPSA) is 41.6 Å². The molecule has 0 saturated heterocycles. The second-order valence-electron chi connectivity index (χ2n) is 6.70. The third-order valence-electron chi connectivity index (χ3n) is 4.71. The van der Waals surface area contributed by atoms with Gasteiger partial charge in [-0.05, 0) is 64.0 Å². The third kappa shape index (κ3) is 6.16. The normalized spacial score (nSPS) is 11.6. The summed E-state index contributed by atoms with van der Waals surface area (Å²) in [6.07, 6.45) is 3.38. The van der Waals surface area contributed by atoms with Crippen molar-refractivity contribution >= 4 is 5.91 Å². The number of nitrogens with zero attached hydrogens (tertiary/aromatic N) is 1. The van der Waals surface area contributed by atoms with E-state index in [-0.39, 0.29) is 5.91 Å². The molecule has 0 spiro atoms. The van der Waals surface area contributed by atoms with Gasteiger partial charge >= 0.3 is 0 Å². The molecule has 4 nitrogen and oxygen atoms in total. The fourth-order valence-electron chi connectivity index (χ4n) is 2.74. The highest BCUT2D eigenvalue weighted by Gasteiger charge is 2.29. The quantitative estimate of drug-likeness (QED) is 0.629. The van der Waals surface area contributed by atoms with Gasteiger partial charge < -0.3 is 15.0 Å². The third-order valence-corrected chi connectivity index (χ3v) is 4.71. The Balaban J connectivity index is 2.35. The standard InChI is InChI=1S/C20H34N2O2/c1-6-22(7-2)16-10-8-9-15-21-19(23)20(3,4)17-11-13-18(24-5)14-12-17/h11-14H,6-10,15-16H2,1-5H3,(H,21,23). The van der Waals surface area contributed by atoms with Crippen molar-refractivity contribution in [2.45, 2.75) is 52.4 Å². The van der Waals surface area contributed by atoms with Gasteiger partial charge in [-0.15, -0.1) is 0 Å². The molecule has 0 aliphatic heterocycles. The molecule has 1 amide bonds. The van der Waals surface area contributed by atoms with Gasteiger partial charge in [-0.1, -0.05) is 32.4 Å². The van der Waals surface area contributed by atoms with Crippen molar-refractivity contribution in [3.8, 4) is 5.75 Å². The smallest absolute Gasteiger partial charge is 0.230 e.